The summed E-state index contributed by atoms with van der Waals surface area (Å²) in [6, 6.07) is 36.0. The van der Waals surface area contributed by atoms with Gasteiger partial charge in [0.25, 0.3) is 11.8 Å². The molecule has 0 aromatic heterocycles. The lowest BCUT2D eigenvalue weighted by molar-refractivity contribution is -0.115. The molecule has 0 bridgehead atoms. The Kier molecular flexibility index (Phi) is 8.08. The summed E-state index contributed by atoms with van der Waals surface area (Å²) in [7, 11) is -3.04. The van der Waals surface area contributed by atoms with Crippen LogP contribution in [0.5, 0.6) is 0 Å². The Bertz CT molecular complexity index is 1330. The molecule has 0 heterocycles. The average molecular weight is 526 g/mol. The van der Waals surface area contributed by atoms with Gasteiger partial charge in [0.1, 0.15) is 23.2 Å². The van der Waals surface area contributed by atoms with Crippen LogP contribution < -0.4 is 32.3 Å². The summed E-state index contributed by atoms with van der Waals surface area (Å²) in [4.78, 5) is 38.8. The van der Waals surface area contributed by atoms with Crippen LogP contribution in [0.1, 0.15) is 10.4 Å². The van der Waals surface area contributed by atoms with E-state index in [4.69, 9.17) is 18.4 Å². The topological polar surface area (TPSA) is 101 Å². The van der Waals surface area contributed by atoms with Crippen molar-refractivity contribution in [2.45, 2.75) is 0 Å². The number of benzene rings is 4. The van der Waals surface area contributed by atoms with Crippen LogP contribution in [0, 0.1) is 0 Å². The van der Waals surface area contributed by atoms with Crippen molar-refractivity contribution < 1.29 is 14.4 Å². The van der Waals surface area contributed by atoms with Gasteiger partial charge in [-0.05, 0) is 48.5 Å². The summed E-state index contributed by atoms with van der Waals surface area (Å²) < 4.78 is 0. The van der Waals surface area contributed by atoms with Crippen LogP contribution in [0.3, 0.4) is 0 Å². The van der Waals surface area contributed by atoms with Crippen molar-refractivity contribution in [3.63, 3.8) is 0 Å². The molecule has 184 valence electrons. The Morgan fingerprint density at radius 1 is 0.595 bits per heavy atom. The highest BCUT2D eigenvalue weighted by Gasteiger charge is 2.53. The zero-order valence-corrected chi connectivity index (χ0v) is 21.4. The van der Waals surface area contributed by atoms with E-state index in [1.54, 1.807) is 30.3 Å². The molecule has 4 rings (SSSR count). The quantitative estimate of drug-likeness (QED) is 0.196. The lowest BCUT2D eigenvalue weighted by atomic mass is 10.2. The highest BCUT2D eigenvalue weighted by molar-refractivity contribution is 8.00. The van der Waals surface area contributed by atoms with E-state index in [-0.39, 0.29) is 10.3 Å². The molecule has 0 spiro atoms. The highest BCUT2D eigenvalue weighted by atomic mass is 32.1. The summed E-state index contributed by atoms with van der Waals surface area (Å²) in [5.74, 6) is -1.24. The van der Waals surface area contributed by atoms with Crippen LogP contribution in [-0.2, 0) is 17.4 Å². The summed E-state index contributed by atoms with van der Waals surface area (Å²) in [6.07, 6.45) is 0. The predicted molar refractivity (Wildman–Crippen MR) is 151 cm³/mol. The Labute approximate surface area is 221 Å². The van der Waals surface area contributed by atoms with Crippen LogP contribution in [0.4, 0.5) is 4.79 Å². The van der Waals surface area contributed by atoms with Crippen molar-refractivity contribution >= 4 is 53.7 Å². The third kappa shape index (κ3) is 5.43. The van der Waals surface area contributed by atoms with Crippen LogP contribution >= 0.6 is 7.26 Å². The van der Waals surface area contributed by atoms with Gasteiger partial charge in [0, 0.05) is 5.56 Å². The summed E-state index contributed by atoms with van der Waals surface area (Å²) in [5.41, 5.74) is 5.76. The van der Waals surface area contributed by atoms with Crippen LogP contribution in [0.15, 0.2) is 132 Å². The second kappa shape index (κ2) is 11.6. The molecular weight excluding hydrogens is 501 g/mol. The largest absolute Gasteiger partial charge is 0.758 e. The van der Waals surface area contributed by atoms with Gasteiger partial charge in [0.05, 0.1) is 0 Å². The van der Waals surface area contributed by atoms with Crippen LogP contribution in [-0.4, -0.2) is 17.8 Å². The van der Waals surface area contributed by atoms with Gasteiger partial charge in [-0.1, -0.05) is 77.8 Å². The molecule has 0 aliphatic heterocycles. The molecule has 0 saturated carbocycles. The van der Waals surface area contributed by atoms with Crippen molar-refractivity contribution in [2.24, 2.45) is 5.73 Å². The Morgan fingerprint density at radius 3 is 1.35 bits per heavy atom. The lowest BCUT2D eigenvalue weighted by Crippen LogP contribution is -2.43. The first kappa shape index (κ1) is 25.8. The van der Waals surface area contributed by atoms with E-state index in [0.29, 0.717) is 5.56 Å². The van der Waals surface area contributed by atoms with Gasteiger partial charge in [-0.25, -0.2) is 4.79 Å². The molecule has 0 saturated heterocycles. The molecule has 4 amide bonds. The standard InChI is InChI=1S/C29H24N3O3PS/c30-29(35)32-27(34)25(28(37)31-26(33)21-13-5-1-6-14-21)36(22-15-7-2-8-16-22,23-17-9-3-10-18-23)24-19-11-4-12-20-24/h1-20H,(H4-,30,31,32,33,34,35,37). The molecular formula is C29H24N3O3PS. The number of primary amides is 1. The number of nitrogens with one attached hydrogen (secondary N) is 2. The fraction of sp³-hybridized carbons (Fsp3) is 0. The number of amides is 4. The Hall–Kier alpha value is -4.32. The number of rotatable bonds is 7. The number of imide groups is 1. The molecule has 37 heavy (non-hydrogen) atoms. The number of hydrogen-bond acceptors (Lipinski definition) is 4. The van der Waals surface area contributed by atoms with Gasteiger partial charge in [0.15, 0.2) is 5.31 Å². The van der Waals surface area contributed by atoms with Gasteiger partial charge in [0.2, 0.25) is 0 Å². The van der Waals surface area contributed by atoms with Gasteiger partial charge in [-0.2, -0.15) is 0 Å². The summed E-state index contributed by atoms with van der Waals surface area (Å²) >= 11 is 5.77. The molecule has 0 fully saturated rings. The van der Waals surface area contributed by atoms with Crippen molar-refractivity contribution in [3.05, 3.63) is 137 Å². The molecule has 4 aromatic carbocycles. The highest BCUT2D eigenvalue weighted by Crippen LogP contribution is 2.63. The van der Waals surface area contributed by atoms with E-state index < -0.39 is 25.1 Å². The second-order valence-electron chi connectivity index (χ2n) is 7.99. The van der Waals surface area contributed by atoms with Gasteiger partial charge >= 0.3 is 6.03 Å². The van der Waals surface area contributed by atoms with E-state index in [1.807, 2.05) is 91.0 Å². The minimum Gasteiger partial charge on any atom is -0.758 e. The van der Waals surface area contributed by atoms with Crippen molar-refractivity contribution in [2.75, 3.05) is 0 Å². The van der Waals surface area contributed by atoms with E-state index in [2.05, 4.69) is 10.6 Å². The molecule has 0 aliphatic rings. The molecule has 4 N–H and O–H groups in total. The van der Waals surface area contributed by atoms with Gasteiger partial charge in [-0.15, -0.1) is 0 Å². The Balaban J connectivity index is 2.08. The molecule has 0 atom stereocenters. The fourth-order valence-electron chi connectivity index (χ4n) is 4.19. The average Bonchev–Trinajstić information content (AvgIpc) is 2.93. The maximum absolute atomic E-state index is 13.8. The monoisotopic (exact) mass is 525 g/mol. The molecule has 6 nitrogen and oxygen atoms in total. The number of nitrogens with two attached hydrogens (primary N) is 1. The van der Waals surface area contributed by atoms with Crippen molar-refractivity contribution in [1.82, 2.24) is 10.6 Å². The molecule has 0 aliphatic carbocycles. The maximum Gasteiger partial charge on any atom is 0.319 e. The van der Waals surface area contributed by atoms with Crippen LogP contribution in [0.25, 0.3) is 0 Å². The molecule has 0 unspecified atom stereocenters. The van der Waals surface area contributed by atoms with E-state index in [0.717, 1.165) is 15.9 Å². The third-order valence-electron chi connectivity index (χ3n) is 5.70. The first-order valence-electron chi connectivity index (χ1n) is 11.4. The number of carbonyl (C=O) groups is 3. The van der Waals surface area contributed by atoms with Crippen LogP contribution in [0.2, 0.25) is 0 Å². The molecule has 0 radical (unpaired) electrons. The zero-order chi connectivity index (χ0) is 26.3. The van der Waals surface area contributed by atoms with Gasteiger partial charge in [-0.3, -0.25) is 14.9 Å². The smallest absolute Gasteiger partial charge is 0.319 e. The van der Waals surface area contributed by atoms with Gasteiger partial charge < -0.3 is 23.7 Å². The number of carbonyl (C=O) groups excluding carboxylic acids is 3. The van der Waals surface area contributed by atoms with E-state index in [1.165, 1.54) is 0 Å². The second-order valence-corrected chi connectivity index (χ2v) is 11.7. The minimum atomic E-state index is -3.04. The first-order valence-corrected chi connectivity index (χ1v) is 13.6. The third-order valence-corrected chi connectivity index (χ3v) is 10.5. The SMILES string of the molecule is NC(=O)NC(=O)/C(=C(/[S-])NC(=O)c1ccccc1)[P+](c1ccccc1)(c1ccccc1)c1ccccc1. The normalized spacial score (nSPS) is 11.7. The molecule has 4 aromatic rings. The lowest BCUT2D eigenvalue weighted by Gasteiger charge is -2.32. The summed E-state index contributed by atoms with van der Waals surface area (Å²) in [5, 5.41) is 7.40. The number of hydrogen-bond donors (Lipinski definition) is 3. The predicted octanol–water partition coefficient (Wildman–Crippen LogP) is 3.32. The zero-order valence-electron chi connectivity index (χ0n) is 19.7. The van der Waals surface area contributed by atoms with E-state index >= 15 is 0 Å². The molecule has 8 heteroatoms. The Morgan fingerprint density at radius 2 is 0.973 bits per heavy atom. The van der Waals surface area contributed by atoms with Crippen molar-refractivity contribution in [3.8, 4) is 0 Å². The van der Waals surface area contributed by atoms with E-state index in [9.17, 15) is 14.4 Å². The first-order chi connectivity index (χ1) is 17.9. The number of urea groups is 1. The fourth-order valence-corrected chi connectivity index (χ4v) is 9.04. The van der Waals surface area contributed by atoms with Crippen molar-refractivity contribution in [1.29, 1.82) is 0 Å². The maximum atomic E-state index is 13.8. The minimum absolute atomic E-state index is 0.0857. The summed E-state index contributed by atoms with van der Waals surface area (Å²) in [6.45, 7) is 0.